The number of para-hydroxylation sites is 1. The first-order valence-corrected chi connectivity index (χ1v) is 8.10. The van der Waals surface area contributed by atoms with Gasteiger partial charge in [-0.2, -0.15) is 0 Å². The Balaban J connectivity index is 1.53. The van der Waals surface area contributed by atoms with Crippen LogP contribution in [0.3, 0.4) is 0 Å². The number of nitrogens with zero attached hydrogens (tertiary/aromatic N) is 2. The maximum absolute atomic E-state index is 5.99. The van der Waals surface area contributed by atoms with Crippen LogP contribution in [-0.4, -0.2) is 41.5 Å². The van der Waals surface area contributed by atoms with Crippen LogP contribution < -0.4 is 11.1 Å². The first-order chi connectivity index (χ1) is 10.8. The molecule has 0 amide bonds. The van der Waals surface area contributed by atoms with E-state index in [0.717, 1.165) is 24.3 Å². The van der Waals surface area contributed by atoms with Crippen LogP contribution in [0, 0.1) is 0 Å². The average molecular weight is 299 g/mol. The quantitative estimate of drug-likeness (QED) is 0.584. The smallest absolute Gasteiger partial charge is 0.189 e. The highest BCUT2D eigenvalue weighted by Gasteiger charge is 2.22. The fraction of sp³-hybridized carbons (Fsp3) is 0.471. The van der Waals surface area contributed by atoms with Gasteiger partial charge in [0.1, 0.15) is 0 Å². The highest BCUT2D eigenvalue weighted by Crippen LogP contribution is 2.16. The standard InChI is InChI=1S/C17H25N5/c1-2-22-9-5-7-15(22)12-20-17(18)19-11-14-10-13-6-3-4-8-16(13)21-14/h3-4,6,8,10,15,21H,2,5,7,9,11-12H2,1H3,(H3,18,19,20). The number of aromatic nitrogens is 1. The van der Waals surface area contributed by atoms with Crippen LogP contribution in [0.4, 0.5) is 0 Å². The summed E-state index contributed by atoms with van der Waals surface area (Å²) in [5.41, 5.74) is 8.21. The zero-order chi connectivity index (χ0) is 15.4. The number of likely N-dealkylation sites (N-methyl/N-ethyl adjacent to an activating group) is 1. The summed E-state index contributed by atoms with van der Waals surface area (Å²) in [5, 5.41) is 4.48. The Bertz CT molecular complexity index is 612. The molecule has 118 valence electrons. The highest BCUT2D eigenvalue weighted by molar-refractivity contribution is 5.80. The van der Waals surface area contributed by atoms with Gasteiger partial charge in [-0.25, -0.2) is 4.99 Å². The Labute approximate surface area is 131 Å². The fourth-order valence-electron chi connectivity index (χ4n) is 3.21. The molecule has 1 aromatic carbocycles. The molecule has 1 aromatic heterocycles. The van der Waals surface area contributed by atoms with Crippen molar-refractivity contribution in [3.63, 3.8) is 0 Å². The Morgan fingerprint density at radius 1 is 1.45 bits per heavy atom. The van der Waals surface area contributed by atoms with Gasteiger partial charge in [-0.3, -0.25) is 4.90 Å². The highest BCUT2D eigenvalue weighted by atomic mass is 15.2. The SMILES string of the molecule is CCN1CCCC1CNC(N)=NCc1cc2ccccc2[nH]1. The van der Waals surface area contributed by atoms with Crippen LogP contribution in [-0.2, 0) is 6.54 Å². The summed E-state index contributed by atoms with van der Waals surface area (Å²) in [4.78, 5) is 10.3. The number of benzene rings is 1. The number of aromatic amines is 1. The number of nitrogens with one attached hydrogen (secondary N) is 2. The summed E-state index contributed by atoms with van der Waals surface area (Å²) in [6.45, 7) is 5.99. The predicted octanol–water partition coefficient (Wildman–Crippen LogP) is 2.06. The van der Waals surface area contributed by atoms with Crippen LogP contribution in [0.5, 0.6) is 0 Å². The molecule has 0 radical (unpaired) electrons. The lowest BCUT2D eigenvalue weighted by atomic mass is 10.2. The Morgan fingerprint density at radius 2 is 2.32 bits per heavy atom. The molecule has 3 rings (SSSR count). The van der Waals surface area contributed by atoms with Gasteiger partial charge in [0.2, 0.25) is 0 Å². The molecule has 1 aliphatic rings. The van der Waals surface area contributed by atoms with Gasteiger partial charge in [-0.15, -0.1) is 0 Å². The van der Waals surface area contributed by atoms with Gasteiger partial charge in [0.15, 0.2) is 5.96 Å². The van der Waals surface area contributed by atoms with Crippen molar-refractivity contribution in [2.24, 2.45) is 10.7 Å². The molecular weight excluding hydrogens is 274 g/mol. The minimum absolute atomic E-state index is 0.529. The van der Waals surface area contributed by atoms with Gasteiger partial charge in [0, 0.05) is 23.8 Å². The molecule has 0 aliphatic carbocycles. The minimum atomic E-state index is 0.529. The van der Waals surface area contributed by atoms with Gasteiger partial charge < -0.3 is 16.0 Å². The van der Waals surface area contributed by atoms with Crippen molar-refractivity contribution in [2.45, 2.75) is 32.4 Å². The minimum Gasteiger partial charge on any atom is -0.370 e. The molecule has 1 fully saturated rings. The lowest BCUT2D eigenvalue weighted by Gasteiger charge is -2.23. The summed E-state index contributed by atoms with van der Waals surface area (Å²) in [5.74, 6) is 0.529. The number of H-pyrrole nitrogens is 1. The molecule has 1 unspecified atom stereocenters. The van der Waals surface area contributed by atoms with Gasteiger partial charge >= 0.3 is 0 Å². The largest absolute Gasteiger partial charge is 0.370 e. The number of hydrogen-bond acceptors (Lipinski definition) is 2. The van der Waals surface area contributed by atoms with E-state index in [0.29, 0.717) is 18.5 Å². The lowest BCUT2D eigenvalue weighted by Crippen LogP contribution is -2.42. The third-order valence-corrected chi connectivity index (χ3v) is 4.43. The van der Waals surface area contributed by atoms with Crippen molar-refractivity contribution in [3.05, 3.63) is 36.0 Å². The average Bonchev–Trinajstić information content (AvgIpc) is 3.16. The number of guanidine groups is 1. The van der Waals surface area contributed by atoms with Gasteiger partial charge in [0.25, 0.3) is 0 Å². The Hall–Kier alpha value is -2.01. The molecule has 0 spiro atoms. The van der Waals surface area contributed by atoms with Crippen molar-refractivity contribution in [1.82, 2.24) is 15.2 Å². The molecule has 2 aromatic rings. The van der Waals surface area contributed by atoms with E-state index in [1.807, 2.05) is 12.1 Å². The molecule has 1 saturated heterocycles. The van der Waals surface area contributed by atoms with E-state index in [1.165, 1.54) is 24.8 Å². The van der Waals surface area contributed by atoms with Crippen LogP contribution >= 0.6 is 0 Å². The molecule has 0 saturated carbocycles. The van der Waals surface area contributed by atoms with E-state index in [1.54, 1.807) is 0 Å². The fourth-order valence-corrected chi connectivity index (χ4v) is 3.21. The van der Waals surface area contributed by atoms with Crippen LogP contribution in [0.15, 0.2) is 35.3 Å². The number of fused-ring (bicyclic) bond motifs is 1. The monoisotopic (exact) mass is 299 g/mol. The second-order valence-corrected chi connectivity index (χ2v) is 5.89. The molecule has 1 atom stereocenters. The van der Waals surface area contributed by atoms with E-state index in [9.17, 15) is 0 Å². The van der Waals surface area contributed by atoms with Crippen molar-refractivity contribution in [1.29, 1.82) is 0 Å². The summed E-state index contributed by atoms with van der Waals surface area (Å²) in [6.07, 6.45) is 2.53. The first-order valence-electron chi connectivity index (χ1n) is 8.10. The summed E-state index contributed by atoms with van der Waals surface area (Å²) in [6, 6.07) is 11.0. The molecule has 5 nitrogen and oxygen atoms in total. The normalized spacial score (nSPS) is 19.9. The number of hydrogen-bond donors (Lipinski definition) is 3. The second kappa shape index (κ2) is 6.83. The Morgan fingerprint density at radius 3 is 3.14 bits per heavy atom. The second-order valence-electron chi connectivity index (χ2n) is 5.89. The molecule has 2 heterocycles. The molecule has 4 N–H and O–H groups in total. The van der Waals surface area contributed by atoms with Gasteiger partial charge in [0.05, 0.1) is 6.54 Å². The van der Waals surface area contributed by atoms with E-state index >= 15 is 0 Å². The van der Waals surface area contributed by atoms with Gasteiger partial charge in [-0.05, 0) is 43.5 Å². The van der Waals surface area contributed by atoms with E-state index in [4.69, 9.17) is 5.73 Å². The van der Waals surface area contributed by atoms with Crippen molar-refractivity contribution < 1.29 is 0 Å². The van der Waals surface area contributed by atoms with Crippen LogP contribution in [0.25, 0.3) is 10.9 Å². The third kappa shape index (κ3) is 3.42. The van der Waals surface area contributed by atoms with Gasteiger partial charge in [-0.1, -0.05) is 25.1 Å². The zero-order valence-electron chi connectivity index (χ0n) is 13.2. The van der Waals surface area contributed by atoms with E-state index in [2.05, 4.69) is 45.3 Å². The molecular formula is C17H25N5. The molecule has 22 heavy (non-hydrogen) atoms. The van der Waals surface area contributed by atoms with Crippen LogP contribution in [0.2, 0.25) is 0 Å². The van der Waals surface area contributed by atoms with Crippen molar-refractivity contribution in [2.75, 3.05) is 19.6 Å². The maximum atomic E-state index is 5.99. The third-order valence-electron chi connectivity index (χ3n) is 4.43. The topological polar surface area (TPSA) is 69.4 Å². The number of likely N-dealkylation sites (tertiary alicyclic amines) is 1. The summed E-state index contributed by atoms with van der Waals surface area (Å²) in [7, 11) is 0. The first kappa shape index (κ1) is 14.9. The molecule has 1 aliphatic heterocycles. The number of rotatable bonds is 5. The predicted molar refractivity (Wildman–Crippen MR) is 91.9 cm³/mol. The zero-order valence-corrected chi connectivity index (χ0v) is 13.2. The number of nitrogens with two attached hydrogens (primary N) is 1. The van der Waals surface area contributed by atoms with Crippen LogP contribution in [0.1, 0.15) is 25.5 Å². The van der Waals surface area contributed by atoms with E-state index < -0.39 is 0 Å². The van der Waals surface area contributed by atoms with E-state index in [-0.39, 0.29) is 0 Å². The summed E-state index contributed by atoms with van der Waals surface area (Å²) < 4.78 is 0. The molecule has 0 bridgehead atoms. The van der Waals surface area contributed by atoms with Crippen molar-refractivity contribution in [3.8, 4) is 0 Å². The number of aliphatic imine (C=N–C) groups is 1. The Kier molecular flexibility index (Phi) is 4.63. The lowest BCUT2D eigenvalue weighted by molar-refractivity contribution is 0.267. The molecule has 5 heteroatoms. The summed E-state index contributed by atoms with van der Waals surface area (Å²) >= 11 is 0. The van der Waals surface area contributed by atoms with Crippen molar-refractivity contribution >= 4 is 16.9 Å². The maximum Gasteiger partial charge on any atom is 0.189 e.